The number of nitrogens with one attached hydrogen (secondary N) is 2. The van der Waals surface area contributed by atoms with Crippen LogP contribution in [0.3, 0.4) is 0 Å². The highest BCUT2D eigenvalue weighted by atomic mass is 16.3. The van der Waals surface area contributed by atoms with Crippen molar-refractivity contribution < 1.29 is 4.42 Å². The molecule has 2 heterocycles. The highest BCUT2D eigenvalue weighted by Crippen LogP contribution is 2.16. The third-order valence-corrected chi connectivity index (χ3v) is 2.62. The van der Waals surface area contributed by atoms with Gasteiger partial charge in [0.15, 0.2) is 0 Å². The molecule has 0 unspecified atom stereocenters. The third kappa shape index (κ3) is 1.92. The number of nitriles is 1. The van der Waals surface area contributed by atoms with E-state index in [0.717, 1.165) is 16.8 Å². The van der Waals surface area contributed by atoms with Crippen LogP contribution in [0, 0.1) is 11.3 Å². The summed E-state index contributed by atoms with van der Waals surface area (Å²) in [5, 5.41) is 12.0. The highest BCUT2D eigenvalue weighted by molar-refractivity contribution is 5.78. The standard InChI is InChI=1S/C13H10N4O/c14-7-9-3-4-11-12(6-9)17-13(16-11)15-8-10-2-1-5-18-10/h1-6H,8H2,(H2,15,16,17). The number of benzene rings is 1. The summed E-state index contributed by atoms with van der Waals surface area (Å²) in [5.41, 5.74) is 2.29. The molecule has 3 rings (SSSR count). The lowest BCUT2D eigenvalue weighted by Gasteiger charge is -1.98. The Balaban J connectivity index is 1.83. The first-order valence-corrected chi connectivity index (χ1v) is 5.51. The Morgan fingerprint density at radius 1 is 1.39 bits per heavy atom. The molecule has 0 saturated carbocycles. The number of rotatable bonds is 3. The van der Waals surface area contributed by atoms with Gasteiger partial charge in [-0.05, 0) is 30.3 Å². The van der Waals surface area contributed by atoms with E-state index in [1.807, 2.05) is 18.2 Å². The van der Waals surface area contributed by atoms with Crippen molar-refractivity contribution >= 4 is 17.0 Å². The maximum absolute atomic E-state index is 8.82. The van der Waals surface area contributed by atoms with E-state index >= 15 is 0 Å². The van der Waals surface area contributed by atoms with Crippen LogP contribution in [-0.4, -0.2) is 9.97 Å². The molecule has 0 fully saturated rings. The Morgan fingerprint density at radius 2 is 2.33 bits per heavy atom. The molecule has 0 spiro atoms. The molecule has 2 aromatic heterocycles. The molecule has 3 aromatic rings. The van der Waals surface area contributed by atoms with Crippen molar-refractivity contribution in [2.75, 3.05) is 5.32 Å². The van der Waals surface area contributed by atoms with Crippen LogP contribution in [0.4, 0.5) is 5.95 Å². The predicted molar refractivity (Wildman–Crippen MR) is 66.8 cm³/mol. The van der Waals surface area contributed by atoms with E-state index in [2.05, 4.69) is 21.4 Å². The van der Waals surface area contributed by atoms with Crippen molar-refractivity contribution in [3.8, 4) is 6.07 Å². The first kappa shape index (κ1) is 10.4. The molecule has 5 heteroatoms. The molecule has 0 aliphatic heterocycles. The van der Waals surface area contributed by atoms with Gasteiger partial charge in [0.1, 0.15) is 5.76 Å². The molecular formula is C13H10N4O. The van der Waals surface area contributed by atoms with E-state index in [-0.39, 0.29) is 0 Å². The molecule has 0 bridgehead atoms. The van der Waals surface area contributed by atoms with Gasteiger partial charge >= 0.3 is 0 Å². The maximum Gasteiger partial charge on any atom is 0.201 e. The Kier molecular flexibility index (Phi) is 2.47. The fraction of sp³-hybridized carbons (Fsp3) is 0.0769. The van der Waals surface area contributed by atoms with Crippen LogP contribution in [0.15, 0.2) is 41.0 Å². The predicted octanol–water partition coefficient (Wildman–Crippen LogP) is 2.64. The summed E-state index contributed by atoms with van der Waals surface area (Å²) >= 11 is 0. The molecule has 0 atom stereocenters. The Labute approximate surface area is 103 Å². The zero-order valence-corrected chi connectivity index (χ0v) is 9.47. The molecule has 0 aliphatic carbocycles. The lowest BCUT2D eigenvalue weighted by atomic mass is 10.2. The molecule has 0 saturated heterocycles. The van der Waals surface area contributed by atoms with Gasteiger partial charge in [-0.15, -0.1) is 0 Å². The van der Waals surface area contributed by atoms with Crippen LogP contribution in [0.25, 0.3) is 11.0 Å². The number of imidazole rings is 1. The van der Waals surface area contributed by atoms with Crippen LogP contribution < -0.4 is 5.32 Å². The average molecular weight is 238 g/mol. The van der Waals surface area contributed by atoms with Crippen LogP contribution in [0.1, 0.15) is 11.3 Å². The monoisotopic (exact) mass is 238 g/mol. The number of aromatic amines is 1. The largest absolute Gasteiger partial charge is 0.467 e. The molecule has 1 aromatic carbocycles. The lowest BCUT2D eigenvalue weighted by Crippen LogP contribution is -1.99. The first-order valence-electron chi connectivity index (χ1n) is 5.51. The second-order valence-electron chi connectivity index (χ2n) is 3.86. The Hall–Kier alpha value is -2.74. The summed E-state index contributed by atoms with van der Waals surface area (Å²) < 4.78 is 5.22. The summed E-state index contributed by atoms with van der Waals surface area (Å²) in [7, 11) is 0. The van der Waals surface area contributed by atoms with Gasteiger partial charge in [0.05, 0.1) is 35.5 Å². The van der Waals surface area contributed by atoms with E-state index in [1.165, 1.54) is 0 Å². The minimum Gasteiger partial charge on any atom is -0.467 e. The topological polar surface area (TPSA) is 77.6 Å². The summed E-state index contributed by atoms with van der Waals surface area (Å²) in [4.78, 5) is 7.49. The van der Waals surface area contributed by atoms with Crippen molar-refractivity contribution in [2.45, 2.75) is 6.54 Å². The number of nitrogens with zero attached hydrogens (tertiary/aromatic N) is 2. The number of hydrogen-bond donors (Lipinski definition) is 2. The van der Waals surface area contributed by atoms with Crippen molar-refractivity contribution in [1.82, 2.24) is 9.97 Å². The fourth-order valence-corrected chi connectivity index (χ4v) is 1.75. The van der Waals surface area contributed by atoms with Gasteiger partial charge in [-0.3, -0.25) is 0 Å². The minimum atomic E-state index is 0.567. The third-order valence-electron chi connectivity index (χ3n) is 2.62. The molecule has 18 heavy (non-hydrogen) atoms. The Bertz CT molecular complexity index is 706. The summed E-state index contributed by atoms with van der Waals surface area (Å²) in [6, 6.07) is 11.2. The number of hydrogen-bond acceptors (Lipinski definition) is 4. The van der Waals surface area contributed by atoms with Crippen LogP contribution in [0.2, 0.25) is 0 Å². The SMILES string of the molecule is N#Cc1ccc2nc(NCc3ccco3)[nH]c2c1. The van der Waals surface area contributed by atoms with Gasteiger partial charge in [0.25, 0.3) is 0 Å². The molecular weight excluding hydrogens is 228 g/mol. The van der Waals surface area contributed by atoms with Gasteiger partial charge in [-0.25, -0.2) is 4.98 Å². The lowest BCUT2D eigenvalue weighted by molar-refractivity contribution is 0.517. The summed E-state index contributed by atoms with van der Waals surface area (Å²) in [5.74, 6) is 1.50. The fourth-order valence-electron chi connectivity index (χ4n) is 1.75. The van der Waals surface area contributed by atoms with E-state index < -0.39 is 0 Å². The van der Waals surface area contributed by atoms with Gasteiger partial charge in [0, 0.05) is 0 Å². The van der Waals surface area contributed by atoms with Crippen molar-refractivity contribution in [2.24, 2.45) is 0 Å². The maximum atomic E-state index is 8.82. The van der Waals surface area contributed by atoms with Crippen molar-refractivity contribution in [3.05, 3.63) is 47.9 Å². The first-order chi connectivity index (χ1) is 8.85. The molecule has 88 valence electrons. The number of H-pyrrole nitrogens is 1. The second-order valence-corrected chi connectivity index (χ2v) is 3.86. The smallest absolute Gasteiger partial charge is 0.201 e. The van der Waals surface area contributed by atoms with Gasteiger partial charge in [-0.1, -0.05) is 0 Å². The Morgan fingerprint density at radius 3 is 3.11 bits per heavy atom. The van der Waals surface area contributed by atoms with Crippen molar-refractivity contribution in [1.29, 1.82) is 5.26 Å². The number of fused-ring (bicyclic) bond motifs is 1. The number of furan rings is 1. The zero-order valence-electron chi connectivity index (χ0n) is 9.47. The minimum absolute atomic E-state index is 0.567. The second kappa shape index (κ2) is 4.26. The van der Waals surface area contributed by atoms with Gasteiger partial charge < -0.3 is 14.7 Å². The van der Waals surface area contributed by atoms with Crippen LogP contribution >= 0.6 is 0 Å². The highest BCUT2D eigenvalue weighted by Gasteiger charge is 2.04. The van der Waals surface area contributed by atoms with E-state index in [9.17, 15) is 0 Å². The average Bonchev–Trinajstić information content (AvgIpc) is 3.04. The molecule has 0 aliphatic rings. The molecule has 0 radical (unpaired) electrons. The molecule has 2 N–H and O–H groups in total. The normalized spacial score (nSPS) is 10.4. The molecule has 5 nitrogen and oxygen atoms in total. The van der Waals surface area contributed by atoms with E-state index in [1.54, 1.807) is 18.4 Å². The summed E-state index contributed by atoms with van der Waals surface area (Å²) in [6.45, 7) is 0.567. The van der Waals surface area contributed by atoms with E-state index in [0.29, 0.717) is 18.1 Å². The van der Waals surface area contributed by atoms with Crippen LogP contribution in [-0.2, 0) is 6.54 Å². The van der Waals surface area contributed by atoms with E-state index in [4.69, 9.17) is 9.68 Å². The quantitative estimate of drug-likeness (QED) is 0.735. The molecule has 0 amide bonds. The summed E-state index contributed by atoms with van der Waals surface area (Å²) in [6.07, 6.45) is 1.63. The van der Waals surface area contributed by atoms with Gasteiger partial charge in [0.2, 0.25) is 5.95 Å². The van der Waals surface area contributed by atoms with Gasteiger partial charge in [-0.2, -0.15) is 5.26 Å². The zero-order chi connectivity index (χ0) is 12.4. The van der Waals surface area contributed by atoms with Crippen molar-refractivity contribution in [3.63, 3.8) is 0 Å². The number of anilines is 1. The van der Waals surface area contributed by atoms with Crippen LogP contribution in [0.5, 0.6) is 0 Å². The number of aromatic nitrogens is 2.